The zero-order chi connectivity index (χ0) is 12.6. The lowest BCUT2D eigenvalue weighted by Gasteiger charge is -2.56. The highest BCUT2D eigenvalue weighted by molar-refractivity contribution is 5.55. The van der Waals surface area contributed by atoms with E-state index in [0.717, 1.165) is 13.1 Å². The number of nitrogens with one attached hydrogen (secondary N) is 1. The van der Waals surface area contributed by atoms with E-state index < -0.39 is 6.09 Å². The third-order valence-electron chi connectivity index (χ3n) is 3.85. The van der Waals surface area contributed by atoms with Crippen LogP contribution in [0.15, 0.2) is 0 Å². The smallest absolute Gasteiger partial charge is 0.258 e. The van der Waals surface area contributed by atoms with Crippen LogP contribution < -0.4 is 10.4 Å². The Labute approximate surface area is 98.2 Å². The Morgan fingerprint density at radius 1 is 1.44 bits per heavy atom. The molecule has 0 saturated carbocycles. The largest absolute Gasteiger partial charge is 0.498 e. The number of hydrogen-bond donors (Lipinski definition) is 1. The van der Waals surface area contributed by atoms with Gasteiger partial charge in [-0.3, -0.25) is 4.48 Å². The van der Waals surface area contributed by atoms with Crippen molar-refractivity contribution in [1.29, 1.82) is 0 Å². The van der Waals surface area contributed by atoms with Gasteiger partial charge in [-0.2, -0.15) is 0 Å². The number of piperazine rings is 1. The van der Waals surface area contributed by atoms with Gasteiger partial charge in [-0.25, -0.2) is 0 Å². The second kappa shape index (κ2) is 4.34. The number of rotatable bonds is 1. The zero-order valence-electron chi connectivity index (χ0n) is 11.0. The van der Waals surface area contributed by atoms with E-state index in [1.165, 1.54) is 0 Å². The molecule has 1 heterocycles. The zero-order valence-corrected chi connectivity index (χ0v) is 11.0. The normalized spacial score (nSPS) is 31.8. The Balaban J connectivity index is 3.19. The summed E-state index contributed by atoms with van der Waals surface area (Å²) in [6.45, 7) is 12.2. The van der Waals surface area contributed by atoms with Gasteiger partial charge in [0, 0.05) is 19.0 Å². The molecule has 2 atom stereocenters. The Morgan fingerprint density at radius 2 is 2.00 bits per heavy atom. The van der Waals surface area contributed by atoms with Gasteiger partial charge in [-0.1, -0.05) is 13.8 Å². The Kier molecular flexibility index (Phi) is 3.65. The van der Waals surface area contributed by atoms with Crippen LogP contribution in [0, 0.1) is 5.92 Å². The van der Waals surface area contributed by atoms with Gasteiger partial charge in [0.15, 0.2) is 0 Å². The van der Waals surface area contributed by atoms with Gasteiger partial charge in [-0.05, 0) is 20.8 Å². The summed E-state index contributed by atoms with van der Waals surface area (Å²) in [5, 5.41) is 15.0. The van der Waals surface area contributed by atoms with Gasteiger partial charge in [0.1, 0.15) is 6.04 Å². The number of quaternary nitrogens is 1. The van der Waals surface area contributed by atoms with Crippen LogP contribution in [0.1, 0.15) is 34.6 Å². The van der Waals surface area contributed by atoms with E-state index in [0.29, 0.717) is 12.5 Å². The topological polar surface area (TPSA) is 52.2 Å². The number of carbonyl (C=O) groups is 1. The number of hydrogen-bond acceptors (Lipinski definition) is 3. The van der Waals surface area contributed by atoms with E-state index in [9.17, 15) is 9.90 Å². The number of carboxylic acid groups (broad SMARTS) is 1. The molecule has 4 nitrogen and oxygen atoms in total. The molecule has 94 valence electrons. The predicted molar refractivity (Wildman–Crippen MR) is 61.8 cm³/mol. The molecule has 1 aliphatic heterocycles. The molecule has 0 radical (unpaired) electrons. The molecule has 0 aromatic carbocycles. The van der Waals surface area contributed by atoms with Gasteiger partial charge >= 0.3 is 0 Å². The molecule has 1 aliphatic rings. The van der Waals surface area contributed by atoms with Crippen LogP contribution in [0.25, 0.3) is 0 Å². The number of carbonyl (C=O) groups excluding carboxylic acids is 1. The summed E-state index contributed by atoms with van der Waals surface area (Å²) in [5.74, 6) is 0.324. The fraction of sp³-hybridized carbons (Fsp3) is 0.917. The second-order valence-electron chi connectivity index (χ2n) is 6.04. The number of amides is 1. The van der Waals surface area contributed by atoms with Gasteiger partial charge < -0.3 is 15.2 Å². The quantitative estimate of drug-likeness (QED) is 0.668. The minimum absolute atomic E-state index is 0.0671. The summed E-state index contributed by atoms with van der Waals surface area (Å²) in [4.78, 5) is 11.7. The Hall–Kier alpha value is -0.610. The lowest BCUT2D eigenvalue weighted by Crippen LogP contribution is -2.78. The minimum Gasteiger partial charge on any atom is -0.498 e. The van der Waals surface area contributed by atoms with E-state index in [-0.39, 0.29) is 16.1 Å². The summed E-state index contributed by atoms with van der Waals surface area (Å²) in [7, 11) is 0. The van der Waals surface area contributed by atoms with Crippen molar-refractivity contribution in [2.45, 2.75) is 46.2 Å². The van der Waals surface area contributed by atoms with Crippen molar-refractivity contribution in [2.24, 2.45) is 5.92 Å². The minimum atomic E-state index is -0.937. The van der Waals surface area contributed by atoms with Crippen LogP contribution in [0.4, 0.5) is 4.79 Å². The summed E-state index contributed by atoms with van der Waals surface area (Å²) in [6.07, 6.45) is -0.937. The van der Waals surface area contributed by atoms with Gasteiger partial charge in [0.05, 0.1) is 12.1 Å². The molecule has 16 heavy (non-hydrogen) atoms. The molecule has 4 heteroatoms. The first kappa shape index (κ1) is 13.5. The molecule has 0 bridgehead atoms. The highest BCUT2D eigenvalue weighted by atomic mass is 16.4. The van der Waals surface area contributed by atoms with Crippen LogP contribution in [-0.2, 0) is 0 Å². The Bertz CT molecular complexity index is 271. The molecule has 1 fully saturated rings. The highest BCUT2D eigenvalue weighted by Crippen LogP contribution is 2.32. The molecule has 1 unspecified atom stereocenters. The molecule has 0 aromatic heterocycles. The van der Waals surface area contributed by atoms with Crippen LogP contribution in [-0.4, -0.2) is 41.8 Å². The van der Waals surface area contributed by atoms with Crippen LogP contribution >= 0.6 is 0 Å². The first-order valence-electron chi connectivity index (χ1n) is 6.03. The molecule has 0 aliphatic carbocycles. The maximum atomic E-state index is 11.7. The van der Waals surface area contributed by atoms with Gasteiger partial charge in [0.25, 0.3) is 6.09 Å². The van der Waals surface area contributed by atoms with Crippen LogP contribution in [0.5, 0.6) is 0 Å². The summed E-state index contributed by atoms with van der Waals surface area (Å²) >= 11 is 0. The van der Waals surface area contributed by atoms with Crippen molar-refractivity contribution < 1.29 is 14.4 Å². The molecule has 1 saturated heterocycles. The summed E-state index contributed by atoms with van der Waals surface area (Å²) in [6, 6.07) is 0.0822. The standard InChI is InChI=1S/C12H24N2O2/c1-9(2)10-8-13-6-7-14(10,11(15)16)12(3,4)5/h9-10,13H,6-8H2,1-5H3/t10-,14?/m1/s1. The fourth-order valence-corrected chi connectivity index (χ4v) is 2.91. The highest BCUT2D eigenvalue weighted by Gasteiger charge is 2.51. The van der Waals surface area contributed by atoms with Crippen LogP contribution in [0.2, 0.25) is 0 Å². The lowest BCUT2D eigenvalue weighted by molar-refractivity contribution is -0.946. The fourth-order valence-electron chi connectivity index (χ4n) is 2.91. The monoisotopic (exact) mass is 228 g/mol. The third-order valence-corrected chi connectivity index (χ3v) is 3.85. The number of nitrogens with zero attached hydrogens (tertiary/aromatic N) is 1. The maximum absolute atomic E-state index is 11.7. The first-order chi connectivity index (χ1) is 7.23. The molecule has 0 spiro atoms. The van der Waals surface area contributed by atoms with Crippen molar-refractivity contribution >= 4 is 6.09 Å². The molecule has 1 N–H and O–H groups in total. The average Bonchev–Trinajstić information content (AvgIpc) is 2.15. The maximum Gasteiger partial charge on any atom is 0.258 e. The van der Waals surface area contributed by atoms with Gasteiger partial charge in [0.2, 0.25) is 0 Å². The Morgan fingerprint density at radius 3 is 2.31 bits per heavy atom. The van der Waals surface area contributed by atoms with E-state index in [2.05, 4.69) is 19.2 Å². The van der Waals surface area contributed by atoms with Crippen LogP contribution in [0.3, 0.4) is 0 Å². The van der Waals surface area contributed by atoms with E-state index in [1.807, 2.05) is 20.8 Å². The van der Waals surface area contributed by atoms with Crippen molar-refractivity contribution in [1.82, 2.24) is 5.32 Å². The molecular weight excluding hydrogens is 204 g/mol. The SMILES string of the molecule is CC(C)[C@H]1CNCC[N+]1(C(=O)[O-])C(C)(C)C. The van der Waals surface area contributed by atoms with E-state index >= 15 is 0 Å². The van der Waals surface area contributed by atoms with Crippen molar-refractivity contribution in [3.05, 3.63) is 0 Å². The second-order valence-corrected chi connectivity index (χ2v) is 6.04. The van der Waals surface area contributed by atoms with E-state index in [4.69, 9.17) is 0 Å². The van der Waals surface area contributed by atoms with Crippen molar-refractivity contribution in [3.63, 3.8) is 0 Å². The van der Waals surface area contributed by atoms with Gasteiger partial charge in [-0.15, -0.1) is 0 Å². The molecule has 1 amide bonds. The summed E-state index contributed by atoms with van der Waals surface area (Å²) in [5.41, 5.74) is -0.324. The third kappa shape index (κ3) is 1.96. The van der Waals surface area contributed by atoms with E-state index in [1.54, 1.807) is 0 Å². The summed E-state index contributed by atoms with van der Waals surface area (Å²) < 4.78 is 0.0671. The van der Waals surface area contributed by atoms with Crippen molar-refractivity contribution in [3.8, 4) is 0 Å². The average molecular weight is 228 g/mol. The lowest BCUT2D eigenvalue weighted by atomic mass is 9.89. The molecular formula is C12H24N2O2. The molecule has 0 aromatic rings. The molecule has 1 rings (SSSR count). The first-order valence-corrected chi connectivity index (χ1v) is 6.03. The predicted octanol–water partition coefficient (Wildman–Crippen LogP) is 0.573. The van der Waals surface area contributed by atoms with Crippen molar-refractivity contribution in [2.75, 3.05) is 19.6 Å².